The molecular weight excluding hydrogens is 443 g/mol. The summed E-state index contributed by atoms with van der Waals surface area (Å²) in [6.45, 7) is 8.62. The third-order valence-corrected chi connectivity index (χ3v) is 4.01. The minimum Gasteiger partial charge on any atom is -0.487 e. The molecule has 0 bridgehead atoms. The fourth-order valence-corrected chi connectivity index (χ4v) is 2.98. The van der Waals surface area contributed by atoms with E-state index in [2.05, 4.69) is 40.9 Å². The van der Waals surface area contributed by atoms with Crippen LogP contribution in [0.25, 0.3) is 0 Å². The van der Waals surface area contributed by atoms with Gasteiger partial charge in [-0.25, -0.2) is 0 Å². The van der Waals surface area contributed by atoms with Crippen molar-refractivity contribution in [3.63, 3.8) is 0 Å². The van der Waals surface area contributed by atoms with Gasteiger partial charge in [-0.1, -0.05) is 18.2 Å². The molecule has 2 rings (SSSR count). The molecule has 1 atom stereocenters. The van der Waals surface area contributed by atoms with E-state index in [-0.39, 0.29) is 47.6 Å². The SMILES string of the molecule is CN=C(NCCC(=O)NC(C)C)NC1CC(C)(C)Oc2ccccc21.I. The maximum absolute atomic E-state index is 11.7. The van der Waals surface area contributed by atoms with Crippen LogP contribution in [0.1, 0.15) is 52.1 Å². The average molecular weight is 474 g/mol. The van der Waals surface area contributed by atoms with Gasteiger partial charge >= 0.3 is 0 Å². The lowest BCUT2D eigenvalue weighted by Gasteiger charge is -2.38. The first-order valence-corrected chi connectivity index (χ1v) is 8.85. The Kier molecular flexibility index (Phi) is 8.66. The largest absolute Gasteiger partial charge is 0.487 e. The molecule has 1 aliphatic heterocycles. The number of nitrogens with zero attached hydrogens (tertiary/aromatic N) is 1. The van der Waals surface area contributed by atoms with Gasteiger partial charge in [-0.2, -0.15) is 0 Å². The average Bonchev–Trinajstić information content (AvgIpc) is 2.52. The fourth-order valence-electron chi connectivity index (χ4n) is 2.98. The van der Waals surface area contributed by atoms with Crippen molar-refractivity contribution in [3.05, 3.63) is 29.8 Å². The van der Waals surface area contributed by atoms with Gasteiger partial charge in [0.1, 0.15) is 11.4 Å². The number of benzene rings is 1. The molecule has 1 heterocycles. The molecule has 1 aromatic rings. The minimum absolute atomic E-state index is 0. The number of carbonyl (C=O) groups excluding carboxylic acids is 1. The van der Waals surface area contributed by atoms with Gasteiger partial charge < -0.3 is 20.7 Å². The van der Waals surface area contributed by atoms with Gasteiger partial charge in [0.15, 0.2) is 5.96 Å². The zero-order valence-electron chi connectivity index (χ0n) is 16.3. The normalized spacial score (nSPS) is 18.2. The highest BCUT2D eigenvalue weighted by molar-refractivity contribution is 14.0. The van der Waals surface area contributed by atoms with E-state index in [1.807, 2.05) is 32.0 Å². The molecule has 7 heteroatoms. The predicted molar refractivity (Wildman–Crippen MR) is 116 cm³/mol. The Bertz CT molecular complexity index is 632. The van der Waals surface area contributed by atoms with Crippen molar-refractivity contribution in [2.45, 2.75) is 58.2 Å². The number of ether oxygens (including phenoxy) is 1. The summed E-state index contributed by atoms with van der Waals surface area (Å²) in [5, 5.41) is 9.56. The Morgan fingerprint density at radius 1 is 1.35 bits per heavy atom. The summed E-state index contributed by atoms with van der Waals surface area (Å²) in [5.41, 5.74) is 0.879. The molecule has 1 aromatic carbocycles. The van der Waals surface area contributed by atoms with Gasteiger partial charge in [-0.05, 0) is 33.8 Å². The highest BCUT2D eigenvalue weighted by Crippen LogP contribution is 2.39. The number of hydrogen-bond donors (Lipinski definition) is 3. The smallest absolute Gasteiger partial charge is 0.221 e. The number of para-hydroxylation sites is 1. The highest BCUT2D eigenvalue weighted by Gasteiger charge is 2.33. The molecule has 0 aliphatic carbocycles. The predicted octanol–water partition coefficient (Wildman–Crippen LogP) is 2.99. The first-order chi connectivity index (χ1) is 11.8. The molecule has 6 nitrogen and oxygen atoms in total. The van der Waals surface area contributed by atoms with Crippen molar-refractivity contribution in [3.8, 4) is 5.75 Å². The van der Waals surface area contributed by atoms with Crippen LogP contribution in [0.3, 0.4) is 0 Å². The second-order valence-electron chi connectivity index (χ2n) is 7.27. The highest BCUT2D eigenvalue weighted by atomic mass is 127. The molecule has 1 amide bonds. The van der Waals surface area contributed by atoms with E-state index >= 15 is 0 Å². The van der Waals surface area contributed by atoms with Crippen molar-refractivity contribution in [2.75, 3.05) is 13.6 Å². The van der Waals surface area contributed by atoms with Crippen LogP contribution in [0.2, 0.25) is 0 Å². The third-order valence-electron chi connectivity index (χ3n) is 4.01. The van der Waals surface area contributed by atoms with Crippen molar-refractivity contribution >= 4 is 35.8 Å². The first kappa shape index (κ1) is 22.5. The topological polar surface area (TPSA) is 74.8 Å². The first-order valence-electron chi connectivity index (χ1n) is 8.85. The molecular formula is C19H31IN4O2. The lowest BCUT2D eigenvalue weighted by atomic mass is 9.90. The summed E-state index contributed by atoms with van der Waals surface area (Å²) in [4.78, 5) is 16.0. The summed E-state index contributed by atoms with van der Waals surface area (Å²) in [6, 6.07) is 8.34. The van der Waals surface area contributed by atoms with Gasteiger partial charge in [0.2, 0.25) is 5.91 Å². The quantitative estimate of drug-likeness (QED) is 0.349. The van der Waals surface area contributed by atoms with Gasteiger partial charge in [0.25, 0.3) is 0 Å². The Labute approximate surface area is 173 Å². The summed E-state index contributed by atoms with van der Waals surface area (Å²) in [7, 11) is 1.74. The maximum atomic E-state index is 11.7. The Balaban J connectivity index is 0.00000338. The van der Waals surface area contributed by atoms with Gasteiger partial charge in [0.05, 0.1) is 6.04 Å². The number of aliphatic imine (C=N–C) groups is 1. The van der Waals surface area contributed by atoms with Crippen LogP contribution in [0.15, 0.2) is 29.3 Å². The molecule has 0 spiro atoms. The van der Waals surface area contributed by atoms with Crippen LogP contribution in [0, 0.1) is 0 Å². The van der Waals surface area contributed by atoms with Crippen molar-refractivity contribution in [2.24, 2.45) is 4.99 Å². The molecule has 1 unspecified atom stereocenters. The van der Waals surface area contributed by atoms with Crippen molar-refractivity contribution in [1.29, 1.82) is 0 Å². The summed E-state index contributed by atoms with van der Waals surface area (Å²) in [6.07, 6.45) is 1.24. The molecule has 3 N–H and O–H groups in total. The second kappa shape index (κ2) is 9.99. The zero-order valence-corrected chi connectivity index (χ0v) is 18.6. The monoisotopic (exact) mass is 474 g/mol. The molecule has 0 saturated carbocycles. The Morgan fingerprint density at radius 2 is 2.04 bits per heavy atom. The second-order valence-corrected chi connectivity index (χ2v) is 7.27. The summed E-state index contributed by atoms with van der Waals surface area (Å²) >= 11 is 0. The van der Waals surface area contributed by atoms with Gasteiger partial charge in [-0.15, -0.1) is 24.0 Å². The number of amides is 1. The summed E-state index contributed by atoms with van der Waals surface area (Å²) in [5.74, 6) is 1.63. The molecule has 0 radical (unpaired) electrons. The van der Waals surface area contributed by atoms with Crippen LogP contribution in [0.4, 0.5) is 0 Å². The number of hydrogen-bond acceptors (Lipinski definition) is 3. The summed E-state index contributed by atoms with van der Waals surface area (Å²) < 4.78 is 6.06. The van der Waals surface area contributed by atoms with Gasteiger partial charge in [0, 0.05) is 38.0 Å². The molecule has 26 heavy (non-hydrogen) atoms. The van der Waals surface area contributed by atoms with Crippen LogP contribution in [0.5, 0.6) is 5.75 Å². The Hall–Kier alpha value is -1.51. The van der Waals surface area contributed by atoms with Crippen LogP contribution >= 0.6 is 24.0 Å². The number of halogens is 1. The zero-order chi connectivity index (χ0) is 18.4. The van der Waals surface area contributed by atoms with Crippen LogP contribution in [-0.2, 0) is 4.79 Å². The van der Waals surface area contributed by atoms with Crippen LogP contribution < -0.4 is 20.7 Å². The van der Waals surface area contributed by atoms with E-state index in [1.54, 1.807) is 7.05 Å². The van der Waals surface area contributed by atoms with Crippen molar-refractivity contribution in [1.82, 2.24) is 16.0 Å². The van der Waals surface area contributed by atoms with Crippen LogP contribution in [-0.4, -0.2) is 37.1 Å². The lowest BCUT2D eigenvalue weighted by Crippen LogP contribution is -2.46. The Morgan fingerprint density at radius 3 is 2.69 bits per heavy atom. The molecule has 1 aliphatic rings. The number of guanidine groups is 1. The maximum Gasteiger partial charge on any atom is 0.221 e. The molecule has 0 aromatic heterocycles. The third kappa shape index (κ3) is 6.66. The number of rotatable bonds is 5. The number of fused-ring (bicyclic) bond motifs is 1. The standard InChI is InChI=1S/C19H30N4O2.HI/c1-13(2)22-17(24)10-11-21-18(20-5)23-15-12-19(3,4)25-16-9-7-6-8-14(15)16;/h6-9,13,15H,10-12H2,1-5H3,(H,22,24)(H2,20,21,23);1H. The van der Waals surface area contributed by atoms with E-state index in [1.165, 1.54) is 0 Å². The van der Waals surface area contributed by atoms with Gasteiger partial charge in [-0.3, -0.25) is 9.79 Å². The van der Waals surface area contributed by atoms with E-state index in [4.69, 9.17) is 4.74 Å². The van der Waals surface area contributed by atoms with E-state index in [9.17, 15) is 4.79 Å². The number of carbonyl (C=O) groups is 1. The molecule has 0 fully saturated rings. The van der Waals surface area contributed by atoms with E-state index < -0.39 is 0 Å². The minimum atomic E-state index is -0.248. The van der Waals surface area contributed by atoms with E-state index in [0.29, 0.717) is 18.9 Å². The van der Waals surface area contributed by atoms with E-state index in [0.717, 1.165) is 17.7 Å². The molecule has 0 saturated heterocycles. The van der Waals surface area contributed by atoms with Crippen molar-refractivity contribution < 1.29 is 9.53 Å². The molecule has 146 valence electrons. The lowest BCUT2D eigenvalue weighted by molar-refractivity contribution is -0.121. The fraction of sp³-hybridized carbons (Fsp3) is 0.579. The number of nitrogens with one attached hydrogen (secondary N) is 3.